The Hall–Kier alpha value is -0.201. The molecule has 13 heavy (non-hydrogen) atoms. The molecule has 0 bridgehead atoms. The minimum atomic E-state index is 0.380. The summed E-state index contributed by atoms with van der Waals surface area (Å²) in [6.07, 6.45) is 0. The van der Waals surface area contributed by atoms with E-state index in [1.54, 1.807) is 0 Å². The van der Waals surface area contributed by atoms with Gasteiger partial charge in [0.1, 0.15) is 0 Å². The Morgan fingerprint density at radius 1 is 0.923 bits per heavy atom. The van der Waals surface area contributed by atoms with E-state index >= 15 is 0 Å². The second kappa shape index (κ2) is 3.89. The SMILES string of the molecule is Clc1ccc(-c2[se]ccc2Cl)cc1. The number of halogens is 2. The van der Waals surface area contributed by atoms with Gasteiger partial charge in [-0.15, -0.1) is 0 Å². The van der Waals surface area contributed by atoms with Crippen LogP contribution in [0.15, 0.2) is 35.3 Å². The van der Waals surface area contributed by atoms with Gasteiger partial charge in [0, 0.05) is 0 Å². The molecule has 66 valence electrons. The summed E-state index contributed by atoms with van der Waals surface area (Å²) in [5, 5.41) is 1.63. The zero-order chi connectivity index (χ0) is 9.26. The van der Waals surface area contributed by atoms with Crippen molar-refractivity contribution in [2.24, 2.45) is 0 Å². The van der Waals surface area contributed by atoms with E-state index in [9.17, 15) is 0 Å². The van der Waals surface area contributed by atoms with E-state index in [2.05, 4.69) is 4.94 Å². The second-order valence-electron chi connectivity index (χ2n) is 2.60. The van der Waals surface area contributed by atoms with Crippen molar-refractivity contribution >= 4 is 37.7 Å². The van der Waals surface area contributed by atoms with Crippen LogP contribution >= 0.6 is 23.2 Å². The van der Waals surface area contributed by atoms with Crippen molar-refractivity contribution in [3.05, 3.63) is 45.3 Å². The fourth-order valence-electron chi connectivity index (χ4n) is 1.10. The molecule has 0 nitrogen and oxygen atoms in total. The fraction of sp³-hybridized carbons (Fsp3) is 0. The summed E-state index contributed by atoms with van der Waals surface area (Å²) >= 11 is 12.2. The number of hydrogen-bond acceptors (Lipinski definition) is 0. The Morgan fingerprint density at radius 3 is 2.15 bits per heavy atom. The molecule has 2 aromatic rings. The van der Waals surface area contributed by atoms with Gasteiger partial charge >= 0.3 is 93.0 Å². The Bertz CT molecular complexity index is 403. The van der Waals surface area contributed by atoms with E-state index in [4.69, 9.17) is 23.2 Å². The minimum absolute atomic E-state index is 0.380. The first-order chi connectivity index (χ1) is 6.27. The van der Waals surface area contributed by atoms with Gasteiger partial charge in [-0.05, 0) is 0 Å². The molecule has 0 radical (unpaired) electrons. The molecular weight excluding hydrogens is 270 g/mol. The predicted molar refractivity (Wildman–Crippen MR) is 58.8 cm³/mol. The molecule has 0 aliphatic heterocycles. The summed E-state index contributed by atoms with van der Waals surface area (Å²) in [7, 11) is 0. The number of hydrogen-bond donors (Lipinski definition) is 0. The van der Waals surface area contributed by atoms with Crippen molar-refractivity contribution in [1.29, 1.82) is 0 Å². The first kappa shape index (κ1) is 9.36. The van der Waals surface area contributed by atoms with Gasteiger partial charge in [0.25, 0.3) is 0 Å². The Kier molecular flexibility index (Phi) is 2.80. The van der Waals surface area contributed by atoms with E-state index in [0.29, 0.717) is 14.5 Å². The number of benzene rings is 1. The topological polar surface area (TPSA) is 0 Å². The third-order valence-electron chi connectivity index (χ3n) is 1.72. The van der Waals surface area contributed by atoms with Crippen LogP contribution in [0.1, 0.15) is 0 Å². The standard InChI is InChI=1S/C10H6Cl2Se/c11-8-3-1-7(2-4-8)10-9(12)5-6-13-10/h1-6H. The summed E-state index contributed by atoms with van der Waals surface area (Å²) < 4.78 is 1.24. The van der Waals surface area contributed by atoms with Crippen molar-refractivity contribution in [3.8, 4) is 10.0 Å². The van der Waals surface area contributed by atoms with E-state index in [-0.39, 0.29) is 0 Å². The van der Waals surface area contributed by atoms with Crippen LogP contribution in [0.2, 0.25) is 10.0 Å². The zero-order valence-electron chi connectivity index (χ0n) is 6.63. The molecule has 0 atom stereocenters. The molecule has 0 unspecified atom stereocenters. The molecule has 2 rings (SSSR count). The molecule has 0 spiro atoms. The van der Waals surface area contributed by atoms with Crippen LogP contribution < -0.4 is 0 Å². The van der Waals surface area contributed by atoms with Crippen molar-refractivity contribution in [2.45, 2.75) is 0 Å². The van der Waals surface area contributed by atoms with E-state index < -0.39 is 0 Å². The summed E-state index contributed by atoms with van der Waals surface area (Å²) in [6.45, 7) is 0. The normalized spacial score (nSPS) is 10.3. The average Bonchev–Trinajstić information content (AvgIpc) is 2.53. The molecule has 1 aromatic carbocycles. The van der Waals surface area contributed by atoms with Crippen molar-refractivity contribution in [3.63, 3.8) is 0 Å². The first-order valence-corrected chi connectivity index (χ1v) is 6.36. The maximum absolute atomic E-state index is 6.03. The maximum atomic E-state index is 6.03. The molecule has 0 aliphatic carbocycles. The first-order valence-electron chi connectivity index (χ1n) is 3.76. The summed E-state index contributed by atoms with van der Waals surface area (Å²) in [4.78, 5) is 2.12. The quantitative estimate of drug-likeness (QED) is 0.696. The van der Waals surface area contributed by atoms with Gasteiger partial charge in [0.2, 0.25) is 0 Å². The molecule has 0 N–H and O–H groups in total. The molecule has 1 heterocycles. The summed E-state index contributed by atoms with van der Waals surface area (Å²) in [6, 6.07) is 9.76. The van der Waals surface area contributed by atoms with E-state index in [1.165, 1.54) is 10.0 Å². The Morgan fingerprint density at radius 2 is 1.62 bits per heavy atom. The van der Waals surface area contributed by atoms with Gasteiger partial charge < -0.3 is 0 Å². The van der Waals surface area contributed by atoms with E-state index in [0.717, 1.165) is 10.0 Å². The van der Waals surface area contributed by atoms with Crippen LogP contribution in [0, 0.1) is 0 Å². The molecule has 3 heteroatoms. The third-order valence-corrected chi connectivity index (χ3v) is 4.57. The van der Waals surface area contributed by atoms with Crippen molar-refractivity contribution < 1.29 is 0 Å². The Labute approximate surface area is 92.9 Å². The molecule has 0 saturated heterocycles. The van der Waals surface area contributed by atoms with Crippen LogP contribution in [0.5, 0.6) is 0 Å². The zero-order valence-corrected chi connectivity index (χ0v) is 9.85. The van der Waals surface area contributed by atoms with Gasteiger partial charge in [0.15, 0.2) is 0 Å². The third kappa shape index (κ3) is 2.00. The van der Waals surface area contributed by atoms with Crippen LogP contribution in [-0.4, -0.2) is 14.5 Å². The Balaban J connectivity index is 2.47. The van der Waals surface area contributed by atoms with Gasteiger partial charge in [-0.3, -0.25) is 0 Å². The van der Waals surface area contributed by atoms with Gasteiger partial charge in [0.05, 0.1) is 0 Å². The second-order valence-corrected chi connectivity index (χ2v) is 5.37. The molecular formula is C10H6Cl2Se. The molecule has 1 aromatic heterocycles. The summed E-state index contributed by atoms with van der Waals surface area (Å²) in [5.41, 5.74) is 1.18. The monoisotopic (exact) mass is 276 g/mol. The van der Waals surface area contributed by atoms with Crippen LogP contribution in [-0.2, 0) is 0 Å². The van der Waals surface area contributed by atoms with Gasteiger partial charge in [-0.2, -0.15) is 0 Å². The molecule has 0 saturated carbocycles. The van der Waals surface area contributed by atoms with Gasteiger partial charge in [-0.25, -0.2) is 0 Å². The van der Waals surface area contributed by atoms with Crippen molar-refractivity contribution in [2.75, 3.05) is 0 Å². The molecule has 0 aliphatic rings. The fourth-order valence-corrected chi connectivity index (χ4v) is 3.46. The predicted octanol–water partition coefficient (Wildman–Crippen LogP) is 3.72. The molecule has 0 amide bonds. The molecule has 0 fully saturated rings. The van der Waals surface area contributed by atoms with Crippen LogP contribution in [0.25, 0.3) is 10.0 Å². The van der Waals surface area contributed by atoms with Crippen LogP contribution in [0.4, 0.5) is 0 Å². The van der Waals surface area contributed by atoms with Crippen molar-refractivity contribution in [1.82, 2.24) is 0 Å². The average molecular weight is 276 g/mol. The van der Waals surface area contributed by atoms with Gasteiger partial charge in [-0.1, -0.05) is 0 Å². The van der Waals surface area contributed by atoms with Crippen LogP contribution in [0.3, 0.4) is 0 Å². The summed E-state index contributed by atoms with van der Waals surface area (Å²) in [5.74, 6) is 0. The van der Waals surface area contributed by atoms with E-state index in [1.807, 2.05) is 30.3 Å². The number of rotatable bonds is 1.